The van der Waals surface area contributed by atoms with Crippen molar-refractivity contribution in [1.29, 1.82) is 0 Å². The van der Waals surface area contributed by atoms with Gasteiger partial charge in [0.05, 0.1) is 17.1 Å². The lowest BCUT2D eigenvalue weighted by atomic mass is 10.2. The van der Waals surface area contributed by atoms with E-state index in [2.05, 4.69) is 16.6 Å². The molecule has 2 rings (SSSR count). The van der Waals surface area contributed by atoms with Crippen LogP contribution >= 0.6 is 23.2 Å². The molecule has 2 aromatic rings. The number of hydrogen-bond acceptors (Lipinski definition) is 4. The first kappa shape index (κ1) is 21.1. The number of nitrogens with one attached hydrogen (secondary N) is 1. The standard InChI is InChI=1S/C18H16Cl2N2O4S/c1-12-10-17(15(20)11-14(12)19)27(24,25)22-8-4-5-9-26-16-7-3-2-6-13(16)18(21)23/h2-3,6-7,10-11,22H,8-9H2,1H3,(H2,21,23). The van der Waals surface area contributed by atoms with Crippen LogP contribution in [0.4, 0.5) is 0 Å². The van der Waals surface area contributed by atoms with Gasteiger partial charge in [0.25, 0.3) is 5.91 Å². The third-order valence-electron chi connectivity index (χ3n) is 3.43. The molecule has 6 nitrogen and oxygen atoms in total. The van der Waals surface area contributed by atoms with E-state index in [4.69, 9.17) is 33.7 Å². The third kappa shape index (κ3) is 5.62. The van der Waals surface area contributed by atoms with Gasteiger partial charge in [0.15, 0.2) is 0 Å². The summed E-state index contributed by atoms with van der Waals surface area (Å²) in [5.41, 5.74) is 6.09. The van der Waals surface area contributed by atoms with Crippen LogP contribution in [0.2, 0.25) is 10.0 Å². The molecule has 0 aliphatic heterocycles. The summed E-state index contributed by atoms with van der Waals surface area (Å²) in [4.78, 5) is 11.2. The fraction of sp³-hybridized carbons (Fsp3) is 0.167. The molecule has 0 saturated heterocycles. The summed E-state index contributed by atoms with van der Waals surface area (Å²) in [7, 11) is -3.83. The molecule has 27 heavy (non-hydrogen) atoms. The maximum absolute atomic E-state index is 12.3. The smallest absolute Gasteiger partial charge is 0.252 e. The monoisotopic (exact) mass is 426 g/mol. The first-order chi connectivity index (χ1) is 12.7. The maximum atomic E-state index is 12.3. The van der Waals surface area contributed by atoms with E-state index in [9.17, 15) is 13.2 Å². The van der Waals surface area contributed by atoms with Gasteiger partial charge in [-0.15, -0.1) is 0 Å². The Labute approximate surface area is 167 Å². The van der Waals surface area contributed by atoms with E-state index in [0.29, 0.717) is 16.3 Å². The first-order valence-corrected chi connectivity index (χ1v) is 9.89. The van der Waals surface area contributed by atoms with Crippen molar-refractivity contribution in [3.05, 3.63) is 57.6 Å². The average molecular weight is 427 g/mol. The molecule has 1 amide bonds. The summed E-state index contributed by atoms with van der Waals surface area (Å²) < 4.78 is 32.3. The summed E-state index contributed by atoms with van der Waals surface area (Å²) in [6.45, 7) is 1.51. The van der Waals surface area contributed by atoms with Crippen LogP contribution in [-0.2, 0) is 10.0 Å². The number of carbonyl (C=O) groups excluding carboxylic acids is 1. The van der Waals surface area contributed by atoms with Gasteiger partial charge in [-0.1, -0.05) is 47.2 Å². The van der Waals surface area contributed by atoms with E-state index >= 15 is 0 Å². The molecule has 9 heteroatoms. The molecule has 2 aromatic carbocycles. The molecular weight excluding hydrogens is 411 g/mol. The van der Waals surface area contributed by atoms with Gasteiger partial charge in [-0.25, -0.2) is 8.42 Å². The highest BCUT2D eigenvalue weighted by atomic mass is 35.5. The van der Waals surface area contributed by atoms with Gasteiger partial charge in [0, 0.05) is 5.02 Å². The summed E-state index contributed by atoms with van der Waals surface area (Å²) in [6, 6.07) is 9.26. The molecule has 0 saturated carbocycles. The van der Waals surface area contributed by atoms with Crippen molar-refractivity contribution in [2.75, 3.05) is 13.2 Å². The van der Waals surface area contributed by atoms with Crippen LogP contribution in [-0.4, -0.2) is 27.5 Å². The Kier molecular flexibility index (Phi) is 7.11. The number of halogens is 2. The van der Waals surface area contributed by atoms with Crippen LogP contribution in [0.5, 0.6) is 5.75 Å². The fourth-order valence-electron chi connectivity index (χ4n) is 2.07. The molecule has 0 aromatic heterocycles. The van der Waals surface area contributed by atoms with Crippen LogP contribution in [0.15, 0.2) is 41.3 Å². The normalized spacial score (nSPS) is 10.8. The van der Waals surface area contributed by atoms with Crippen LogP contribution in [0, 0.1) is 18.8 Å². The molecule has 0 atom stereocenters. The lowest BCUT2D eigenvalue weighted by Gasteiger charge is -2.08. The summed E-state index contributed by atoms with van der Waals surface area (Å²) in [5.74, 6) is 4.98. The molecule has 0 aliphatic rings. The molecular formula is C18H16Cl2N2O4S. The van der Waals surface area contributed by atoms with E-state index in [0.717, 1.165) is 0 Å². The number of primary amides is 1. The van der Waals surface area contributed by atoms with Crippen LogP contribution in [0.3, 0.4) is 0 Å². The van der Waals surface area contributed by atoms with E-state index in [1.54, 1.807) is 25.1 Å². The van der Waals surface area contributed by atoms with Crippen LogP contribution < -0.4 is 15.2 Å². The lowest BCUT2D eigenvalue weighted by molar-refractivity contribution is 0.0997. The Morgan fingerprint density at radius 3 is 2.59 bits per heavy atom. The number of amides is 1. The molecule has 0 fully saturated rings. The SMILES string of the molecule is Cc1cc(S(=O)(=O)NCC#CCOc2ccccc2C(N)=O)c(Cl)cc1Cl. The first-order valence-electron chi connectivity index (χ1n) is 7.65. The second kappa shape index (κ2) is 9.11. The van der Waals surface area contributed by atoms with Crippen molar-refractivity contribution in [2.24, 2.45) is 5.73 Å². The van der Waals surface area contributed by atoms with Gasteiger partial charge in [0.2, 0.25) is 10.0 Å². The predicted octanol–water partition coefficient (Wildman–Crippen LogP) is 2.76. The van der Waals surface area contributed by atoms with Crippen molar-refractivity contribution in [3.8, 4) is 17.6 Å². The van der Waals surface area contributed by atoms with Crippen molar-refractivity contribution < 1.29 is 17.9 Å². The minimum absolute atomic E-state index is 0.0254. The second-order valence-corrected chi connectivity index (χ2v) is 7.91. The van der Waals surface area contributed by atoms with Crippen LogP contribution in [0.1, 0.15) is 15.9 Å². The van der Waals surface area contributed by atoms with Gasteiger partial charge in [-0.3, -0.25) is 4.79 Å². The Bertz CT molecular complexity index is 1030. The Morgan fingerprint density at radius 1 is 1.19 bits per heavy atom. The molecule has 0 aliphatic carbocycles. The average Bonchev–Trinajstić information content (AvgIpc) is 2.61. The quantitative estimate of drug-likeness (QED) is 0.693. The minimum atomic E-state index is -3.83. The third-order valence-corrected chi connectivity index (χ3v) is 5.70. The Hall–Kier alpha value is -2.24. The topological polar surface area (TPSA) is 98.5 Å². The van der Waals surface area contributed by atoms with Crippen molar-refractivity contribution >= 4 is 39.1 Å². The summed E-state index contributed by atoms with van der Waals surface area (Å²) >= 11 is 11.9. The predicted molar refractivity (Wildman–Crippen MR) is 105 cm³/mol. The Balaban J connectivity index is 1.96. The van der Waals surface area contributed by atoms with Crippen LogP contribution in [0.25, 0.3) is 0 Å². The highest BCUT2D eigenvalue weighted by Crippen LogP contribution is 2.27. The highest BCUT2D eigenvalue weighted by molar-refractivity contribution is 7.89. The van der Waals surface area contributed by atoms with Gasteiger partial charge in [-0.2, -0.15) is 4.72 Å². The number of aryl methyl sites for hydroxylation is 1. The Morgan fingerprint density at radius 2 is 1.89 bits per heavy atom. The zero-order valence-electron chi connectivity index (χ0n) is 14.3. The second-order valence-electron chi connectivity index (χ2n) is 5.36. The molecule has 0 unspecified atom stereocenters. The highest BCUT2D eigenvalue weighted by Gasteiger charge is 2.18. The van der Waals surface area contributed by atoms with E-state index in [1.807, 2.05) is 0 Å². The van der Waals surface area contributed by atoms with E-state index in [1.165, 1.54) is 18.2 Å². The number of carbonyl (C=O) groups is 1. The van der Waals surface area contributed by atoms with Gasteiger partial charge < -0.3 is 10.5 Å². The summed E-state index contributed by atoms with van der Waals surface area (Å²) in [6.07, 6.45) is 0. The molecule has 142 valence electrons. The fourth-order valence-corrected chi connectivity index (χ4v) is 3.82. The van der Waals surface area contributed by atoms with E-state index in [-0.39, 0.29) is 28.6 Å². The summed E-state index contributed by atoms with van der Waals surface area (Å²) in [5, 5.41) is 0.407. The number of sulfonamides is 1. The van der Waals surface area contributed by atoms with Crippen molar-refractivity contribution in [3.63, 3.8) is 0 Å². The maximum Gasteiger partial charge on any atom is 0.252 e. The number of para-hydroxylation sites is 1. The van der Waals surface area contributed by atoms with E-state index < -0.39 is 15.9 Å². The zero-order chi connectivity index (χ0) is 20.0. The number of benzene rings is 2. The lowest BCUT2D eigenvalue weighted by Crippen LogP contribution is -2.24. The van der Waals surface area contributed by atoms with Gasteiger partial charge in [-0.05, 0) is 36.8 Å². The molecule has 0 spiro atoms. The van der Waals surface area contributed by atoms with Crippen molar-refractivity contribution in [2.45, 2.75) is 11.8 Å². The zero-order valence-corrected chi connectivity index (χ0v) is 16.6. The molecule has 0 radical (unpaired) electrons. The van der Waals surface area contributed by atoms with Crippen molar-refractivity contribution in [1.82, 2.24) is 4.72 Å². The number of nitrogens with two attached hydrogens (primary N) is 1. The molecule has 3 N–H and O–H groups in total. The number of ether oxygens (including phenoxy) is 1. The number of rotatable bonds is 6. The minimum Gasteiger partial charge on any atom is -0.480 e. The molecule has 0 bridgehead atoms. The van der Waals surface area contributed by atoms with Gasteiger partial charge in [0.1, 0.15) is 17.3 Å². The number of hydrogen-bond donors (Lipinski definition) is 2. The van der Waals surface area contributed by atoms with Gasteiger partial charge >= 0.3 is 0 Å². The largest absolute Gasteiger partial charge is 0.480 e. The molecule has 0 heterocycles.